The van der Waals surface area contributed by atoms with Crippen LogP contribution in [-0.2, 0) is 0 Å². The fourth-order valence-corrected chi connectivity index (χ4v) is 8.11. The second-order valence-electron chi connectivity index (χ2n) is 9.01. The molecule has 6 rings (SSSR count). The van der Waals surface area contributed by atoms with Crippen molar-refractivity contribution in [1.82, 2.24) is 0 Å². The van der Waals surface area contributed by atoms with Gasteiger partial charge in [-0.1, -0.05) is 67.7 Å². The summed E-state index contributed by atoms with van der Waals surface area (Å²) in [5.74, 6) is -0.558. The second-order valence-corrected chi connectivity index (χ2v) is 13.3. The van der Waals surface area contributed by atoms with Gasteiger partial charge in [0.25, 0.3) is 11.8 Å². The van der Waals surface area contributed by atoms with E-state index in [1.807, 2.05) is 30.3 Å². The molecule has 0 fully saturated rings. The summed E-state index contributed by atoms with van der Waals surface area (Å²) >= 11 is 0. The van der Waals surface area contributed by atoms with Crippen LogP contribution >= 0.6 is 0 Å². The van der Waals surface area contributed by atoms with Gasteiger partial charge in [0.1, 0.15) is 8.07 Å². The largest absolute Gasteiger partial charge is 0.311 e. The van der Waals surface area contributed by atoms with Crippen LogP contribution in [0.5, 0.6) is 0 Å². The highest BCUT2D eigenvalue weighted by Crippen LogP contribution is 2.40. The quantitative estimate of drug-likeness (QED) is 0.318. The molecule has 0 unspecified atom stereocenters. The van der Waals surface area contributed by atoms with Crippen LogP contribution in [0.1, 0.15) is 20.7 Å². The van der Waals surface area contributed by atoms with Gasteiger partial charge in [-0.15, -0.1) is 0 Å². The number of carbonyl (C=O) groups excluding carboxylic acids is 2. The first-order valence-corrected chi connectivity index (χ1v) is 14.1. The number of anilines is 4. The zero-order valence-corrected chi connectivity index (χ0v) is 19.4. The molecule has 5 heteroatoms. The number of nitrogens with zero attached hydrogens (tertiary/aromatic N) is 2. The van der Waals surface area contributed by atoms with Gasteiger partial charge in [-0.3, -0.25) is 9.59 Å². The van der Waals surface area contributed by atoms with Gasteiger partial charge >= 0.3 is 0 Å². The van der Waals surface area contributed by atoms with Crippen LogP contribution in [0.4, 0.5) is 22.7 Å². The van der Waals surface area contributed by atoms with E-state index in [0.717, 1.165) is 17.1 Å². The topological polar surface area (TPSA) is 40.6 Å². The Labute approximate surface area is 193 Å². The number of carbonyl (C=O) groups is 2. The second kappa shape index (κ2) is 7.02. The Morgan fingerprint density at radius 1 is 0.545 bits per heavy atom. The third kappa shape index (κ3) is 2.76. The van der Waals surface area contributed by atoms with E-state index in [-0.39, 0.29) is 11.8 Å². The molecule has 0 spiro atoms. The Morgan fingerprint density at radius 2 is 1.09 bits per heavy atom. The zero-order chi connectivity index (χ0) is 22.7. The molecule has 0 radical (unpaired) electrons. The van der Waals surface area contributed by atoms with Gasteiger partial charge in [0.15, 0.2) is 0 Å². The van der Waals surface area contributed by atoms with Crippen LogP contribution in [0.2, 0.25) is 13.1 Å². The van der Waals surface area contributed by atoms with E-state index in [9.17, 15) is 9.59 Å². The molecule has 4 aromatic carbocycles. The molecular formula is C28H22N2O2Si. The van der Waals surface area contributed by atoms with Gasteiger partial charge in [-0.25, -0.2) is 4.90 Å². The molecular weight excluding hydrogens is 424 g/mol. The maximum absolute atomic E-state index is 13.3. The van der Waals surface area contributed by atoms with Gasteiger partial charge in [-0.05, 0) is 52.8 Å². The molecule has 0 saturated carbocycles. The number of rotatable bonds is 2. The number of hydrogen-bond donors (Lipinski definition) is 0. The van der Waals surface area contributed by atoms with Crippen LogP contribution in [0.3, 0.4) is 0 Å². The molecule has 0 aromatic heterocycles. The maximum atomic E-state index is 13.3. The molecule has 2 aliphatic heterocycles. The lowest BCUT2D eigenvalue weighted by Crippen LogP contribution is -2.58. The molecule has 0 aliphatic carbocycles. The Balaban J connectivity index is 1.52. The first-order valence-electron chi connectivity index (χ1n) is 11.1. The van der Waals surface area contributed by atoms with Gasteiger partial charge < -0.3 is 4.90 Å². The summed E-state index contributed by atoms with van der Waals surface area (Å²) in [5, 5.41) is 2.72. The molecule has 0 bridgehead atoms. The highest BCUT2D eigenvalue weighted by atomic mass is 28.3. The first kappa shape index (κ1) is 19.7. The summed E-state index contributed by atoms with van der Waals surface area (Å²) in [4.78, 5) is 29.9. The van der Waals surface area contributed by atoms with Gasteiger partial charge in [-0.2, -0.15) is 0 Å². The Kier molecular flexibility index (Phi) is 4.19. The summed E-state index contributed by atoms with van der Waals surface area (Å²) in [6.07, 6.45) is 0. The van der Waals surface area contributed by atoms with Crippen molar-refractivity contribution >= 4 is 53.0 Å². The lowest BCUT2D eigenvalue weighted by Gasteiger charge is -2.41. The predicted octanol–water partition coefficient (Wildman–Crippen LogP) is 5.09. The fraction of sp³-hybridized carbons (Fsp3) is 0.0714. The Morgan fingerprint density at radius 3 is 1.73 bits per heavy atom. The van der Waals surface area contributed by atoms with Gasteiger partial charge in [0.2, 0.25) is 0 Å². The monoisotopic (exact) mass is 446 g/mol. The van der Waals surface area contributed by atoms with Crippen molar-refractivity contribution in [2.45, 2.75) is 13.1 Å². The minimum atomic E-state index is -1.88. The highest BCUT2D eigenvalue weighted by molar-refractivity contribution is 7.02. The van der Waals surface area contributed by atoms with Crippen molar-refractivity contribution < 1.29 is 9.59 Å². The lowest BCUT2D eigenvalue weighted by molar-refractivity contribution is 0.0926. The number of benzene rings is 4. The summed E-state index contributed by atoms with van der Waals surface area (Å²) in [7, 11) is -1.88. The Hall–Kier alpha value is -3.96. The SMILES string of the molecule is C[Si]1(C)c2ccccc2N(c2ccc3c(c2)C(=O)N(c2ccccc2)C3=O)c2ccccc21. The van der Waals surface area contributed by atoms with Crippen LogP contribution in [0, 0.1) is 0 Å². The molecule has 2 heterocycles. The maximum Gasteiger partial charge on any atom is 0.266 e. The van der Waals surface area contributed by atoms with Crippen molar-refractivity contribution in [2.75, 3.05) is 9.80 Å². The van der Waals surface area contributed by atoms with Crippen LogP contribution in [0.15, 0.2) is 97.1 Å². The van der Waals surface area contributed by atoms with Crippen molar-refractivity contribution in [1.29, 1.82) is 0 Å². The molecule has 2 amide bonds. The van der Waals surface area contributed by atoms with E-state index in [1.165, 1.54) is 15.3 Å². The first-order chi connectivity index (χ1) is 16.0. The molecule has 4 aromatic rings. The van der Waals surface area contributed by atoms with Crippen molar-refractivity contribution in [3.8, 4) is 0 Å². The molecule has 0 saturated heterocycles. The summed E-state index contributed by atoms with van der Waals surface area (Å²) in [5.41, 5.74) is 4.65. The van der Waals surface area contributed by atoms with Crippen LogP contribution in [0.25, 0.3) is 0 Å². The Bertz CT molecular complexity index is 1400. The van der Waals surface area contributed by atoms with E-state index >= 15 is 0 Å². The molecule has 0 N–H and O–H groups in total. The summed E-state index contributed by atoms with van der Waals surface area (Å²) < 4.78 is 0. The smallest absolute Gasteiger partial charge is 0.266 e. The standard InChI is InChI=1S/C28H22N2O2Si/c1-33(2)25-14-8-6-12-23(25)29(24-13-7-9-15-26(24)33)20-16-17-21-22(18-20)28(32)30(27(21)31)19-10-4-3-5-11-19/h3-18H,1-2H3. The number of fused-ring (bicyclic) bond motifs is 3. The van der Waals surface area contributed by atoms with E-state index in [2.05, 4.69) is 66.5 Å². The average Bonchev–Trinajstić information content (AvgIpc) is 3.09. The zero-order valence-electron chi connectivity index (χ0n) is 18.4. The highest BCUT2D eigenvalue weighted by Gasteiger charge is 2.40. The third-order valence-corrected chi connectivity index (χ3v) is 10.3. The van der Waals surface area contributed by atoms with E-state index in [4.69, 9.17) is 0 Å². The van der Waals surface area contributed by atoms with Gasteiger partial charge in [0.05, 0.1) is 16.8 Å². The van der Waals surface area contributed by atoms with Crippen molar-refractivity contribution in [2.24, 2.45) is 0 Å². The average molecular weight is 447 g/mol. The van der Waals surface area contributed by atoms with Crippen molar-refractivity contribution in [3.05, 3.63) is 108 Å². The van der Waals surface area contributed by atoms with Crippen LogP contribution in [-0.4, -0.2) is 19.9 Å². The van der Waals surface area contributed by atoms with E-state index in [1.54, 1.807) is 18.2 Å². The van der Waals surface area contributed by atoms with E-state index in [0.29, 0.717) is 16.8 Å². The summed E-state index contributed by atoms with van der Waals surface area (Å²) in [6, 6.07) is 31.8. The molecule has 2 aliphatic rings. The molecule has 33 heavy (non-hydrogen) atoms. The molecule has 0 atom stereocenters. The lowest BCUT2D eigenvalue weighted by atomic mass is 10.1. The van der Waals surface area contributed by atoms with Crippen LogP contribution < -0.4 is 20.2 Å². The number of para-hydroxylation sites is 3. The minimum absolute atomic E-state index is 0.277. The fourth-order valence-electron chi connectivity index (χ4n) is 5.13. The number of amides is 2. The minimum Gasteiger partial charge on any atom is -0.311 e. The van der Waals surface area contributed by atoms with Crippen molar-refractivity contribution in [3.63, 3.8) is 0 Å². The third-order valence-electron chi connectivity index (χ3n) is 6.78. The van der Waals surface area contributed by atoms with E-state index < -0.39 is 8.07 Å². The molecule has 4 nitrogen and oxygen atoms in total. The number of hydrogen-bond acceptors (Lipinski definition) is 3. The number of imide groups is 1. The summed E-state index contributed by atoms with van der Waals surface area (Å²) in [6.45, 7) is 4.76. The molecule has 160 valence electrons. The van der Waals surface area contributed by atoms with Gasteiger partial charge in [0, 0.05) is 17.1 Å². The normalized spacial score (nSPS) is 15.8. The predicted molar refractivity (Wildman–Crippen MR) is 135 cm³/mol.